The highest BCUT2D eigenvalue weighted by molar-refractivity contribution is 6.29. The quantitative estimate of drug-likeness (QED) is 0.596. The molecule has 0 aliphatic heterocycles. The first-order valence-electron chi connectivity index (χ1n) is 3.76. The van der Waals surface area contributed by atoms with E-state index in [-0.39, 0.29) is 0 Å². The summed E-state index contributed by atoms with van der Waals surface area (Å²) < 4.78 is 0. The summed E-state index contributed by atoms with van der Waals surface area (Å²) in [4.78, 5) is 4.10. The highest BCUT2D eigenvalue weighted by Gasteiger charge is 2.00. The monoisotopic (exact) mass is 188 g/mol. The minimum Gasteiger partial charge on any atom is -0.236 e. The number of hydrogen-bond donors (Lipinski definition) is 0. The molecule has 2 rings (SSSR count). The molecule has 0 radical (unpaired) electrons. The first-order chi connectivity index (χ1) is 6.31. The van der Waals surface area contributed by atoms with Crippen LogP contribution in [0, 0.1) is 11.3 Å². The van der Waals surface area contributed by atoms with Gasteiger partial charge in [0.2, 0.25) is 0 Å². The van der Waals surface area contributed by atoms with Gasteiger partial charge < -0.3 is 0 Å². The van der Waals surface area contributed by atoms with E-state index >= 15 is 0 Å². The minimum absolute atomic E-state index is 0.447. The molecule has 2 nitrogen and oxygen atoms in total. The second-order valence-electron chi connectivity index (χ2n) is 2.62. The van der Waals surface area contributed by atoms with Crippen LogP contribution >= 0.6 is 11.6 Å². The zero-order valence-corrected chi connectivity index (χ0v) is 7.42. The van der Waals surface area contributed by atoms with E-state index in [0.29, 0.717) is 10.7 Å². The number of fused-ring (bicyclic) bond motifs is 1. The molecule has 0 fully saturated rings. The molecule has 0 atom stereocenters. The average molecular weight is 189 g/mol. The smallest absolute Gasteiger partial charge is 0.129 e. The van der Waals surface area contributed by atoms with E-state index in [4.69, 9.17) is 16.9 Å². The lowest BCUT2D eigenvalue weighted by Gasteiger charge is -1.98. The van der Waals surface area contributed by atoms with Crippen LogP contribution in [0.3, 0.4) is 0 Å². The van der Waals surface area contributed by atoms with Gasteiger partial charge in [-0.25, -0.2) is 4.98 Å². The van der Waals surface area contributed by atoms with Crippen molar-refractivity contribution in [2.45, 2.75) is 0 Å². The summed E-state index contributed by atoms with van der Waals surface area (Å²) in [5, 5.41) is 10.1. The summed E-state index contributed by atoms with van der Waals surface area (Å²) in [6.45, 7) is 0. The maximum Gasteiger partial charge on any atom is 0.129 e. The van der Waals surface area contributed by atoms with Crippen molar-refractivity contribution in [1.82, 2.24) is 4.98 Å². The van der Waals surface area contributed by atoms with E-state index in [1.54, 1.807) is 18.2 Å². The van der Waals surface area contributed by atoms with E-state index in [1.807, 2.05) is 12.1 Å². The van der Waals surface area contributed by atoms with Crippen molar-refractivity contribution in [3.63, 3.8) is 0 Å². The van der Waals surface area contributed by atoms with E-state index in [1.165, 1.54) is 0 Å². The molecule has 2 aromatic rings. The fraction of sp³-hybridized carbons (Fsp3) is 0. The maximum atomic E-state index is 8.79. The number of rotatable bonds is 0. The number of aromatic nitrogens is 1. The first kappa shape index (κ1) is 8.03. The first-order valence-corrected chi connectivity index (χ1v) is 4.14. The van der Waals surface area contributed by atoms with Crippen molar-refractivity contribution < 1.29 is 0 Å². The third kappa shape index (κ3) is 1.34. The van der Waals surface area contributed by atoms with E-state index in [0.717, 1.165) is 10.9 Å². The van der Waals surface area contributed by atoms with Gasteiger partial charge in [0.1, 0.15) is 5.15 Å². The molecular weight excluding hydrogens is 184 g/mol. The fourth-order valence-corrected chi connectivity index (χ4v) is 1.38. The van der Waals surface area contributed by atoms with Gasteiger partial charge in [0.25, 0.3) is 0 Å². The summed E-state index contributed by atoms with van der Waals surface area (Å²) in [6, 6.07) is 11.0. The Hall–Kier alpha value is -1.59. The highest BCUT2D eigenvalue weighted by Crippen LogP contribution is 2.18. The molecule has 13 heavy (non-hydrogen) atoms. The molecule has 0 aliphatic rings. The second kappa shape index (κ2) is 3.04. The third-order valence-electron chi connectivity index (χ3n) is 1.82. The van der Waals surface area contributed by atoms with Gasteiger partial charge in [0.05, 0.1) is 17.1 Å². The summed E-state index contributed by atoms with van der Waals surface area (Å²) >= 11 is 5.72. The van der Waals surface area contributed by atoms with Crippen molar-refractivity contribution >= 4 is 22.5 Å². The predicted octanol–water partition coefficient (Wildman–Crippen LogP) is 2.76. The van der Waals surface area contributed by atoms with Gasteiger partial charge in [-0.1, -0.05) is 17.7 Å². The number of nitriles is 1. The van der Waals surface area contributed by atoms with Crippen molar-refractivity contribution in [3.05, 3.63) is 41.0 Å². The van der Waals surface area contributed by atoms with Crippen LogP contribution in [-0.2, 0) is 0 Å². The molecule has 0 bridgehead atoms. The van der Waals surface area contributed by atoms with Crippen molar-refractivity contribution in [1.29, 1.82) is 5.26 Å². The SMILES string of the molecule is N#Cc1cccc2nc(Cl)ccc12. The summed E-state index contributed by atoms with van der Waals surface area (Å²) in [5.74, 6) is 0. The van der Waals surface area contributed by atoms with Gasteiger partial charge in [-0.05, 0) is 24.3 Å². The molecule has 3 heteroatoms. The van der Waals surface area contributed by atoms with E-state index in [9.17, 15) is 0 Å². The summed E-state index contributed by atoms with van der Waals surface area (Å²) in [7, 11) is 0. The van der Waals surface area contributed by atoms with Crippen molar-refractivity contribution in [3.8, 4) is 6.07 Å². The lowest BCUT2D eigenvalue weighted by Crippen LogP contribution is -1.82. The Balaban J connectivity index is 2.87. The van der Waals surface area contributed by atoms with E-state index in [2.05, 4.69) is 11.1 Å². The molecule has 1 heterocycles. The van der Waals surface area contributed by atoms with Crippen LogP contribution in [0.1, 0.15) is 5.56 Å². The standard InChI is InChI=1S/C10H5ClN2/c11-10-5-4-8-7(6-12)2-1-3-9(8)13-10/h1-5H. The van der Waals surface area contributed by atoms with Crippen LogP contribution in [0.5, 0.6) is 0 Å². The minimum atomic E-state index is 0.447. The Morgan fingerprint density at radius 1 is 1.23 bits per heavy atom. The molecule has 0 unspecified atom stereocenters. The molecule has 0 saturated heterocycles. The number of pyridine rings is 1. The Morgan fingerprint density at radius 3 is 2.85 bits per heavy atom. The zero-order valence-electron chi connectivity index (χ0n) is 6.66. The zero-order chi connectivity index (χ0) is 9.26. The average Bonchev–Trinajstić information content (AvgIpc) is 2.16. The molecule has 0 saturated carbocycles. The fourth-order valence-electron chi connectivity index (χ4n) is 1.23. The molecule has 1 aromatic carbocycles. The molecular formula is C10H5ClN2. The molecule has 0 N–H and O–H groups in total. The number of halogens is 1. The number of nitrogens with zero attached hydrogens (tertiary/aromatic N) is 2. The second-order valence-corrected chi connectivity index (χ2v) is 3.01. The van der Waals surface area contributed by atoms with Crippen LogP contribution < -0.4 is 0 Å². The van der Waals surface area contributed by atoms with Crippen molar-refractivity contribution in [2.75, 3.05) is 0 Å². The lowest BCUT2D eigenvalue weighted by atomic mass is 10.1. The van der Waals surface area contributed by atoms with Crippen LogP contribution in [-0.4, -0.2) is 4.98 Å². The van der Waals surface area contributed by atoms with Crippen LogP contribution in [0.4, 0.5) is 0 Å². The lowest BCUT2D eigenvalue weighted by molar-refractivity contribution is 1.40. The van der Waals surface area contributed by atoms with Gasteiger partial charge in [-0.3, -0.25) is 0 Å². The van der Waals surface area contributed by atoms with Crippen LogP contribution in [0.25, 0.3) is 10.9 Å². The third-order valence-corrected chi connectivity index (χ3v) is 2.03. The van der Waals surface area contributed by atoms with Crippen LogP contribution in [0.15, 0.2) is 30.3 Å². The maximum absolute atomic E-state index is 8.79. The molecule has 0 aliphatic carbocycles. The van der Waals surface area contributed by atoms with Gasteiger partial charge >= 0.3 is 0 Å². The molecule has 62 valence electrons. The summed E-state index contributed by atoms with van der Waals surface area (Å²) in [6.07, 6.45) is 0. The number of benzene rings is 1. The molecule has 0 spiro atoms. The Bertz CT molecular complexity index is 500. The van der Waals surface area contributed by atoms with Crippen molar-refractivity contribution in [2.24, 2.45) is 0 Å². The number of hydrogen-bond acceptors (Lipinski definition) is 2. The Morgan fingerprint density at radius 2 is 2.08 bits per heavy atom. The van der Waals surface area contributed by atoms with Crippen LogP contribution in [0.2, 0.25) is 5.15 Å². The van der Waals surface area contributed by atoms with Gasteiger partial charge in [-0.2, -0.15) is 5.26 Å². The van der Waals surface area contributed by atoms with E-state index < -0.39 is 0 Å². The predicted molar refractivity (Wildman–Crippen MR) is 51.5 cm³/mol. The molecule has 1 aromatic heterocycles. The summed E-state index contributed by atoms with van der Waals surface area (Å²) in [5.41, 5.74) is 1.38. The van der Waals surface area contributed by atoms with Gasteiger partial charge in [0.15, 0.2) is 0 Å². The normalized spacial score (nSPS) is 9.85. The topological polar surface area (TPSA) is 36.7 Å². The van der Waals surface area contributed by atoms with Gasteiger partial charge in [-0.15, -0.1) is 0 Å². The van der Waals surface area contributed by atoms with Gasteiger partial charge in [0, 0.05) is 5.39 Å². The highest BCUT2D eigenvalue weighted by atomic mass is 35.5. The molecule has 0 amide bonds. The largest absolute Gasteiger partial charge is 0.236 e. The Kier molecular flexibility index (Phi) is 1.88. The Labute approximate surface area is 80.4 Å².